The number of hydrogen-bond acceptors (Lipinski definition) is 5. The molecule has 0 spiro atoms. The van der Waals surface area contributed by atoms with Gasteiger partial charge in [0.1, 0.15) is 0 Å². The summed E-state index contributed by atoms with van der Waals surface area (Å²) in [5.41, 5.74) is 0.286. The van der Waals surface area contributed by atoms with E-state index >= 15 is 0 Å². The van der Waals surface area contributed by atoms with Gasteiger partial charge in [-0.25, -0.2) is 4.79 Å². The Kier molecular flexibility index (Phi) is 6.48. The molecule has 1 amide bonds. The van der Waals surface area contributed by atoms with Crippen molar-refractivity contribution in [2.24, 2.45) is 0 Å². The number of methoxy groups -OCH3 is 1. The summed E-state index contributed by atoms with van der Waals surface area (Å²) in [5.74, 6) is 0.101. The van der Waals surface area contributed by atoms with Crippen LogP contribution in [0.15, 0.2) is 16.6 Å². The van der Waals surface area contributed by atoms with Crippen LogP contribution in [0.2, 0.25) is 0 Å². The Balaban J connectivity index is 2.07. The highest BCUT2D eigenvalue weighted by Gasteiger charge is 2.27. The number of benzene rings is 1. The number of ether oxygens (including phenoxy) is 3. The Bertz CT molecular complexity index is 615. The van der Waals surface area contributed by atoms with E-state index < -0.39 is 12.1 Å². The monoisotopic (exact) mass is 399 g/mol. The maximum Gasteiger partial charge on any atom is 0.339 e. The highest BCUT2D eigenvalue weighted by Crippen LogP contribution is 2.37. The van der Waals surface area contributed by atoms with Crippen molar-refractivity contribution in [3.8, 4) is 11.5 Å². The van der Waals surface area contributed by atoms with Gasteiger partial charge in [0.15, 0.2) is 17.6 Å². The second-order valence-electron chi connectivity index (χ2n) is 5.67. The van der Waals surface area contributed by atoms with Crippen molar-refractivity contribution in [3.63, 3.8) is 0 Å². The number of rotatable bonds is 8. The molecule has 1 fully saturated rings. The van der Waals surface area contributed by atoms with Crippen molar-refractivity contribution in [2.75, 3.05) is 13.7 Å². The fourth-order valence-corrected chi connectivity index (χ4v) is 2.57. The fraction of sp³-hybridized carbons (Fsp3) is 0.529. The quantitative estimate of drug-likeness (QED) is 0.679. The zero-order chi connectivity index (χ0) is 17.7. The maximum absolute atomic E-state index is 12.3. The Morgan fingerprint density at radius 3 is 2.67 bits per heavy atom. The largest absolute Gasteiger partial charge is 0.493 e. The van der Waals surface area contributed by atoms with Gasteiger partial charge in [0.25, 0.3) is 5.91 Å². The van der Waals surface area contributed by atoms with Crippen LogP contribution in [0.5, 0.6) is 11.5 Å². The molecule has 0 aromatic heterocycles. The molecule has 0 bridgehead atoms. The predicted molar refractivity (Wildman–Crippen MR) is 92.5 cm³/mol. The number of hydrogen-bond donors (Lipinski definition) is 1. The maximum atomic E-state index is 12.3. The number of halogens is 1. The van der Waals surface area contributed by atoms with E-state index in [4.69, 9.17) is 14.2 Å². The van der Waals surface area contributed by atoms with Gasteiger partial charge in [-0.1, -0.05) is 6.92 Å². The molecular weight excluding hydrogens is 378 g/mol. The Morgan fingerprint density at radius 2 is 2.08 bits per heavy atom. The van der Waals surface area contributed by atoms with Gasteiger partial charge >= 0.3 is 5.97 Å². The molecule has 0 heterocycles. The molecule has 132 valence electrons. The highest BCUT2D eigenvalue weighted by molar-refractivity contribution is 9.10. The molecule has 0 unspecified atom stereocenters. The van der Waals surface area contributed by atoms with Gasteiger partial charge < -0.3 is 19.5 Å². The molecule has 24 heavy (non-hydrogen) atoms. The van der Waals surface area contributed by atoms with Gasteiger partial charge in [-0.2, -0.15) is 0 Å². The molecule has 0 aliphatic heterocycles. The molecule has 1 N–H and O–H groups in total. The lowest BCUT2D eigenvalue weighted by molar-refractivity contribution is -0.129. The molecular formula is C17H22BrNO5. The molecule has 0 radical (unpaired) electrons. The smallest absolute Gasteiger partial charge is 0.339 e. The first-order valence-electron chi connectivity index (χ1n) is 7.98. The van der Waals surface area contributed by atoms with Gasteiger partial charge in [-0.05, 0) is 54.2 Å². The van der Waals surface area contributed by atoms with E-state index in [2.05, 4.69) is 21.2 Å². The van der Waals surface area contributed by atoms with E-state index in [1.807, 2.05) is 6.92 Å². The number of carbonyl (C=O) groups is 2. The number of nitrogens with one attached hydrogen (secondary N) is 1. The third kappa shape index (κ3) is 4.87. The molecule has 1 aromatic carbocycles. The summed E-state index contributed by atoms with van der Waals surface area (Å²) >= 11 is 3.38. The summed E-state index contributed by atoms with van der Waals surface area (Å²) in [4.78, 5) is 24.2. The van der Waals surface area contributed by atoms with Crippen LogP contribution in [0.4, 0.5) is 0 Å². The van der Waals surface area contributed by atoms with E-state index in [0.29, 0.717) is 22.6 Å². The van der Waals surface area contributed by atoms with E-state index in [1.165, 1.54) is 7.11 Å². The van der Waals surface area contributed by atoms with Crippen LogP contribution >= 0.6 is 15.9 Å². The van der Waals surface area contributed by atoms with Crippen molar-refractivity contribution < 1.29 is 23.8 Å². The predicted octanol–water partition coefficient (Wildman–Crippen LogP) is 3.07. The highest BCUT2D eigenvalue weighted by atomic mass is 79.9. The minimum absolute atomic E-state index is 0.225. The standard InChI is InChI=1S/C17H22BrNO5/c1-4-7-23-15-13(18)8-11(9-14(15)22-3)17(21)24-10(2)16(20)19-12-5-6-12/h8-10,12H,4-7H2,1-3H3,(H,19,20)/t10-/m1/s1. The first-order valence-corrected chi connectivity index (χ1v) is 8.77. The lowest BCUT2D eigenvalue weighted by atomic mass is 10.2. The summed E-state index contributed by atoms with van der Waals surface area (Å²) in [6.45, 7) is 4.10. The summed E-state index contributed by atoms with van der Waals surface area (Å²) in [5, 5.41) is 2.81. The Morgan fingerprint density at radius 1 is 1.38 bits per heavy atom. The summed E-state index contributed by atoms with van der Waals surface area (Å²) in [6, 6.07) is 3.37. The topological polar surface area (TPSA) is 73.9 Å². The second kappa shape index (κ2) is 8.37. The van der Waals surface area contributed by atoms with Crippen molar-refractivity contribution in [2.45, 2.75) is 45.3 Å². The number of amides is 1. The third-order valence-electron chi connectivity index (χ3n) is 3.49. The summed E-state index contributed by atoms with van der Waals surface area (Å²) in [6.07, 6.45) is 1.97. The van der Waals surface area contributed by atoms with E-state index in [9.17, 15) is 9.59 Å². The van der Waals surface area contributed by atoms with Gasteiger partial charge in [-0.3, -0.25) is 4.79 Å². The van der Waals surface area contributed by atoms with Crippen molar-refractivity contribution in [1.82, 2.24) is 5.32 Å². The van der Waals surface area contributed by atoms with Crippen molar-refractivity contribution in [1.29, 1.82) is 0 Å². The number of carbonyl (C=O) groups excluding carboxylic acids is 2. The second-order valence-corrected chi connectivity index (χ2v) is 6.52. The van der Waals surface area contributed by atoms with Crippen LogP contribution in [-0.2, 0) is 9.53 Å². The number of esters is 1. The SMILES string of the molecule is CCCOc1c(Br)cc(C(=O)O[C@H](C)C(=O)NC2CC2)cc1OC. The molecule has 1 aromatic rings. The average molecular weight is 400 g/mol. The normalized spacial score (nSPS) is 14.7. The molecule has 0 saturated heterocycles. The third-order valence-corrected chi connectivity index (χ3v) is 4.08. The molecule has 1 aliphatic carbocycles. The Hall–Kier alpha value is -1.76. The molecule has 1 atom stereocenters. The van der Waals surface area contributed by atoms with Crippen molar-refractivity contribution in [3.05, 3.63) is 22.2 Å². The lowest BCUT2D eigenvalue weighted by Gasteiger charge is -2.16. The van der Waals surface area contributed by atoms with Gasteiger partial charge in [0.05, 0.1) is 23.8 Å². The summed E-state index contributed by atoms with van der Waals surface area (Å²) in [7, 11) is 1.50. The minimum atomic E-state index is -0.848. The molecule has 2 rings (SSSR count). The zero-order valence-electron chi connectivity index (χ0n) is 14.1. The summed E-state index contributed by atoms with van der Waals surface area (Å²) < 4.78 is 16.7. The van der Waals surface area contributed by atoms with Crippen LogP contribution in [0.3, 0.4) is 0 Å². The lowest BCUT2D eigenvalue weighted by Crippen LogP contribution is -2.37. The molecule has 7 heteroatoms. The van der Waals surface area contributed by atoms with Gasteiger partial charge in [-0.15, -0.1) is 0 Å². The minimum Gasteiger partial charge on any atom is -0.493 e. The van der Waals surface area contributed by atoms with Crippen LogP contribution in [0.25, 0.3) is 0 Å². The molecule has 1 aliphatic rings. The van der Waals surface area contributed by atoms with Crippen molar-refractivity contribution >= 4 is 27.8 Å². The van der Waals surface area contributed by atoms with Gasteiger partial charge in [0, 0.05) is 6.04 Å². The Labute approximate surface area is 150 Å². The molecule has 1 saturated carbocycles. The van der Waals surface area contributed by atoms with Crippen LogP contribution < -0.4 is 14.8 Å². The van der Waals surface area contributed by atoms with E-state index in [-0.39, 0.29) is 17.5 Å². The van der Waals surface area contributed by atoms with Crippen LogP contribution in [0, 0.1) is 0 Å². The molecule has 6 nitrogen and oxygen atoms in total. The zero-order valence-corrected chi connectivity index (χ0v) is 15.6. The first kappa shape index (κ1) is 18.6. The van der Waals surface area contributed by atoms with Crippen LogP contribution in [0.1, 0.15) is 43.5 Å². The fourth-order valence-electron chi connectivity index (χ4n) is 2.01. The van der Waals surface area contributed by atoms with Crippen LogP contribution in [-0.4, -0.2) is 37.7 Å². The van der Waals surface area contributed by atoms with E-state index in [1.54, 1.807) is 19.1 Å². The van der Waals surface area contributed by atoms with E-state index in [0.717, 1.165) is 19.3 Å². The van der Waals surface area contributed by atoms with Gasteiger partial charge in [0.2, 0.25) is 0 Å². The first-order chi connectivity index (χ1) is 11.5. The average Bonchev–Trinajstić information content (AvgIpc) is 3.36.